The number of carbonyl (C=O) groups excluding carboxylic acids is 1. The monoisotopic (exact) mass is 268 g/mol. The highest BCUT2D eigenvalue weighted by molar-refractivity contribution is 5.82. The zero-order valence-corrected chi connectivity index (χ0v) is 9.75. The summed E-state index contributed by atoms with van der Waals surface area (Å²) in [7, 11) is 0. The lowest BCUT2D eigenvalue weighted by Crippen LogP contribution is -2.13. The van der Waals surface area contributed by atoms with E-state index in [1.165, 1.54) is 0 Å². The lowest BCUT2D eigenvalue weighted by molar-refractivity contribution is -0.129. The van der Waals surface area contributed by atoms with Crippen LogP contribution < -0.4 is 4.74 Å². The Morgan fingerprint density at radius 3 is 2.74 bits per heavy atom. The minimum absolute atomic E-state index is 0.0381. The number of ketones is 1. The summed E-state index contributed by atoms with van der Waals surface area (Å²) in [5, 5.41) is 3.54. The van der Waals surface area contributed by atoms with Crippen molar-refractivity contribution >= 4 is 5.78 Å². The zero-order valence-electron chi connectivity index (χ0n) is 9.75. The van der Waals surface area contributed by atoms with Crippen LogP contribution >= 0.6 is 0 Å². The normalized spacial score (nSPS) is 10.7. The van der Waals surface area contributed by atoms with Gasteiger partial charge in [-0.3, -0.25) is 4.79 Å². The highest BCUT2D eigenvalue weighted by Crippen LogP contribution is 2.11. The first-order chi connectivity index (χ1) is 9.15. The van der Waals surface area contributed by atoms with Gasteiger partial charge in [-0.2, -0.15) is 4.98 Å². The molecule has 1 aromatic carbocycles. The maximum absolute atomic E-state index is 12.0. The Bertz CT molecular complexity index is 543. The SMILES string of the molecule is O=C(Cc1nc(COc2ccccc2)no1)C(F)F. The van der Waals surface area contributed by atoms with Crippen LogP contribution in [-0.4, -0.2) is 22.3 Å². The number of hydrogen-bond donors (Lipinski definition) is 0. The number of carbonyl (C=O) groups is 1. The van der Waals surface area contributed by atoms with E-state index in [2.05, 4.69) is 14.7 Å². The van der Waals surface area contributed by atoms with Gasteiger partial charge in [0.05, 0.1) is 6.42 Å². The summed E-state index contributed by atoms with van der Waals surface area (Å²) in [5.74, 6) is -0.574. The summed E-state index contributed by atoms with van der Waals surface area (Å²) >= 11 is 0. The van der Waals surface area contributed by atoms with Gasteiger partial charge in [-0.25, -0.2) is 8.78 Å². The number of alkyl halides is 2. The number of para-hydroxylation sites is 1. The summed E-state index contributed by atoms with van der Waals surface area (Å²) in [6, 6.07) is 8.95. The Labute approximate surface area is 107 Å². The van der Waals surface area contributed by atoms with Gasteiger partial charge < -0.3 is 9.26 Å². The molecule has 100 valence electrons. The Kier molecular flexibility index (Phi) is 4.17. The third kappa shape index (κ3) is 3.84. The van der Waals surface area contributed by atoms with Crippen molar-refractivity contribution in [1.82, 2.24) is 10.1 Å². The van der Waals surface area contributed by atoms with E-state index in [0.717, 1.165) is 0 Å². The summed E-state index contributed by atoms with van der Waals surface area (Å²) in [5.41, 5.74) is 0. The molecule has 0 saturated carbocycles. The number of nitrogens with zero attached hydrogens (tertiary/aromatic N) is 2. The maximum atomic E-state index is 12.0. The number of rotatable bonds is 6. The lowest BCUT2D eigenvalue weighted by Gasteiger charge is -2.01. The van der Waals surface area contributed by atoms with Crippen molar-refractivity contribution in [3.63, 3.8) is 0 Å². The predicted molar refractivity (Wildman–Crippen MR) is 59.8 cm³/mol. The molecule has 0 atom stereocenters. The van der Waals surface area contributed by atoms with Crippen LogP contribution in [0.5, 0.6) is 5.75 Å². The molecular weight excluding hydrogens is 258 g/mol. The average Bonchev–Trinajstić information content (AvgIpc) is 2.85. The number of benzene rings is 1. The fourth-order valence-corrected chi connectivity index (χ4v) is 1.31. The summed E-state index contributed by atoms with van der Waals surface area (Å²) in [6.45, 7) is 0.0381. The van der Waals surface area contributed by atoms with Crippen LogP contribution in [0.3, 0.4) is 0 Å². The minimum Gasteiger partial charge on any atom is -0.485 e. The lowest BCUT2D eigenvalue weighted by atomic mass is 10.3. The van der Waals surface area contributed by atoms with Crippen LogP contribution in [0.15, 0.2) is 34.9 Å². The van der Waals surface area contributed by atoms with Crippen molar-refractivity contribution in [3.8, 4) is 5.75 Å². The molecule has 1 heterocycles. The van der Waals surface area contributed by atoms with E-state index in [1.54, 1.807) is 24.3 Å². The third-order valence-electron chi connectivity index (χ3n) is 2.19. The van der Waals surface area contributed by atoms with E-state index in [1.807, 2.05) is 6.07 Å². The van der Waals surface area contributed by atoms with E-state index in [0.29, 0.717) is 5.75 Å². The van der Waals surface area contributed by atoms with Gasteiger partial charge in [-0.05, 0) is 12.1 Å². The van der Waals surface area contributed by atoms with E-state index < -0.39 is 18.6 Å². The van der Waals surface area contributed by atoms with E-state index in [9.17, 15) is 13.6 Å². The molecule has 0 fully saturated rings. The molecule has 5 nitrogen and oxygen atoms in total. The van der Waals surface area contributed by atoms with Crippen LogP contribution in [-0.2, 0) is 17.8 Å². The van der Waals surface area contributed by atoms with Crippen molar-refractivity contribution in [2.75, 3.05) is 0 Å². The van der Waals surface area contributed by atoms with Crippen molar-refractivity contribution < 1.29 is 22.8 Å². The smallest absolute Gasteiger partial charge is 0.296 e. The zero-order chi connectivity index (χ0) is 13.7. The highest BCUT2D eigenvalue weighted by Gasteiger charge is 2.19. The Morgan fingerprint density at radius 2 is 2.05 bits per heavy atom. The van der Waals surface area contributed by atoms with Crippen LogP contribution in [0.2, 0.25) is 0 Å². The van der Waals surface area contributed by atoms with Gasteiger partial charge in [0.25, 0.3) is 6.43 Å². The Morgan fingerprint density at radius 1 is 1.32 bits per heavy atom. The molecule has 2 aromatic rings. The summed E-state index contributed by atoms with van der Waals surface area (Å²) in [4.78, 5) is 14.6. The molecule has 0 spiro atoms. The quantitative estimate of drug-likeness (QED) is 0.802. The number of hydrogen-bond acceptors (Lipinski definition) is 5. The first kappa shape index (κ1) is 13.1. The molecule has 0 aliphatic rings. The second-order valence-electron chi connectivity index (χ2n) is 3.65. The molecule has 0 radical (unpaired) electrons. The van der Waals surface area contributed by atoms with Crippen LogP contribution in [0.25, 0.3) is 0 Å². The molecule has 0 amide bonds. The van der Waals surface area contributed by atoms with Gasteiger partial charge in [-0.15, -0.1) is 0 Å². The number of ether oxygens (including phenoxy) is 1. The fraction of sp³-hybridized carbons (Fsp3) is 0.250. The molecule has 0 unspecified atom stereocenters. The molecule has 2 rings (SSSR count). The van der Waals surface area contributed by atoms with Gasteiger partial charge in [0.15, 0.2) is 6.61 Å². The third-order valence-corrected chi connectivity index (χ3v) is 2.19. The largest absolute Gasteiger partial charge is 0.485 e. The molecule has 1 aromatic heterocycles. The van der Waals surface area contributed by atoms with Gasteiger partial charge in [0, 0.05) is 0 Å². The summed E-state index contributed by atoms with van der Waals surface area (Å²) < 4.78 is 34.1. The molecule has 0 aliphatic heterocycles. The van der Waals surface area contributed by atoms with Gasteiger partial charge in [0.2, 0.25) is 17.5 Å². The minimum atomic E-state index is -3.03. The van der Waals surface area contributed by atoms with Crippen molar-refractivity contribution in [2.24, 2.45) is 0 Å². The first-order valence-corrected chi connectivity index (χ1v) is 5.45. The average molecular weight is 268 g/mol. The first-order valence-electron chi connectivity index (χ1n) is 5.45. The Hall–Kier alpha value is -2.31. The van der Waals surface area contributed by atoms with Crippen molar-refractivity contribution in [2.45, 2.75) is 19.5 Å². The van der Waals surface area contributed by atoms with Crippen LogP contribution in [0.1, 0.15) is 11.7 Å². The second kappa shape index (κ2) is 6.03. The summed E-state index contributed by atoms with van der Waals surface area (Å²) in [6.07, 6.45) is -3.60. The van der Waals surface area contributed by atoms with Crippen LogP contribution in [0, 0.1) is 0 Å². The van der Waals surface area contributed by atoms with Gasteiger partial charge >= 0.3 is 0 Å². The maximum Gasteiger partial charge on any atom is 0.296 e. The molecular formula is C12H10F2N2O3. The van der Waals surface area contributed by atoms with Crippen molar-refractivity contribution in [1.29, 1.82) is 0 Å². The highest BCUT2D eigenvalue weighted by atomic mass is 19.3. The van der Waals surface area contributed by atoms with Crippen molar-refractivity contribution in [3.05, 3.63) is 42.0 Å². The van der Waals surface area contributed by atoms with E-state index in [4.69, 9.17) is 4.74 Å². The molecule has 19 heavy (non-hydrogen) atoms. The standard InChI is InChI=1S/C12H10F2N2O3/c13-12(14)9(17)6-11-15-10(16-19-11)7-18-8-4-2-1-3-5-8/h1-5,12H,6-7H2. The Balaban J connectivity index is 1.89. The van der Waals surface area contributed by atoms with E-state index in [-0.39, 0.29) is 18.3 Å². The number of Topliss-reactive ketones (excluding diaryl/α,β-unsaturated/α-hetero) is 1. The molecule has 0 bridgehead atoms. The second-order valence-corrected chi connectivity index (χ2v) is 3.65. The van der Waals surface area contributed by atoms with E-state index >= 15 is 0 Å². The van der Waals surface area contributed by atoms with Gasteiger partial charge in [-0.1, -0.05) is 23.4 Å². The molecule has 0 N–H and O–H groups in total. The fourth-order valence-electron chi connectivity index (χ4n) is 1.31. The molecule has 7 heteroatoms. The van der Waals surface area contributed by atoms with Gasteiger partial charge in [0.1, 0.15) is 5.75 Å². The molecule has 0 aliphatic carbocycles. The topological polar surface area (TPSA) is 65.2 Å². The molecule has 0 saturated heterocycles. The van der Waals surface area contributed by atoms with Crippen LogP contribution in [0.4, 0.5) is 8.78 Å². The predicted octanol–water partition coefficient (Wildman–Crippen LogP) is 2.03. The number of halogens is 2. The number of aromatic nitrogens is 2.